The first-order valence-corrected chi connectivity index (χ1v) is 14.5. The van der Waals surface area contributed by atoms with Gasteiger partial charge in [-0.3, -0.25) is 0 Å². The molecule has 4 aromatic rings. The summed E-state index contributed by atoms with van der Waals surface area (Å²) in [4.78, 5) is 16.3. The van der Waals surface area contributed by atoms with Gasteiger partial charge in [0.05, 0.1) is 19.1 Å². The van der Waals surface area contributed by atoms with Crippen molar-refractivity contribution >= 4 is 33.0 Å². The molecule has 2 aromatic heterocycles. The molecule has 1 fully saturated rings. The molecule has 2 aromatic carbocycles. The molecule has 13 heteroatoms. The van der Waals surface area contributed by atoms with Gasteiger partial charge in [0, 0.05) is 32.7 Å². The molecule has 0 aliphatic carbocycles. The van der Waals surface area contributed by atoms with E-state index < -0.39 is 10.0 Å². The Labute approximate surface area is 225 Å². The predicted octanol–water partition coefficient (Wildman–Crippen LogP) is 2.83. The third kappa shape index (κ3) is 5.45. The van der Waals surface area contributed by atoms with Gasteiger partial charge in [-0.25, -0.2) is 22.1 Å². The van der Waals surface area contributed by atoms with Crippen molar-refractivity contribution in [3.63, 3.8) is 0 Å². The molecule has 0 radical (unpaired) electrons. The van der Waals surface area contributed by atoms with Crippen molar-refractivity contribution < 1.29 is 22.3 Å². The van der Waals surface area contributed by atoms with E-state index in [1.807, 2.05) is 27.7 Å². The van der Waals surface area contributed by atoms with E-state index in [0.717, 1.165) is 11.1 Å². The van der Waals surface area contributed by atoms with Crippen molar-refractivity contribution in [3.05, 3.63) is 65.7 Å². The lowest BCUT2D eigenvalue weighted by atomic mass is 10.2. The summed E-state index contributed by atoms with van der Waals surface area (Å²) in [6.45, 7) is 3.02. The van der Waals surface area contributed by atoms with E-state index in [1.54, 1.807) is 18.5 Å². The normalized spacial score (nSPS) is 16.0. The van der Waals surface area contributed by atoms with E-state index in [1.165, 1.54) is 22.7 Å². The fraction of sp³-hybridized carbons (Fsp3) is 0.346. The number of hydrogen-bond donors (Lipinski definition) is 1. The van der Waals surface area contributed by atoms with E-state index >= 15 is 0 Å². The molecule has 0 spiro atoms. The van der Waals surface area contributed by atoms with Crippen LogP contribution in [0.4, 0.5) is 16.2 Å². The van der Waals surface area contributed by atoms with E-state index in [-0.39, 0.29) is 12.6 Å². The summed E-state index contributed by atoms with van der Waals surface area (Å²) in [5, 5.41) is 3.40. The SMILES string of the molecule is CS(=O)(=O)N1CCCN(c2nc(NCc3ccc4c(c3)OCO4)c3ncn(Cc4ccc(F)cc4)c3n2)CC1. The van der Waals surface area contributed by atoms with E-state index in [9.17, 15) is 12.8 Å². The number of hydrogen-bond acceptors (Lipinski definition) is 9. The van der Waals surface area contributed by atoms with E-state index in [4.69, 9.17) is 19.4 Å². The van der Waals surface area contributed by atoms with Crippen LogP contribution in [-0.4, -0.2) is 71.5 Å². The Bertz CT molecular complexity index is 1610. The number of imidazole rings is 1. The largest absolute Gasteiger partial charge is 0.454 e. The summed E-state index contributed by atoms with van der Waals surface area (Å²) in [5.41, 5.74) is 3.12. The minimum absolute atomic E-state index is 0.209. The minimum Gasteiger partial charge on any atom is -0.454 e. The van der Waals surface area contributed by atoms with Crippen LogP contribution in [0.1, 0.15) is 17.5 Å². The van der Waals surface area contributed by atoms with Gasteiger partial charge in [0.1, 0.15) is 5.82 Å². The number of ether oxygens (including phenoxy) is 2. The van der Waals surface area contributed by atoms with Crippen LogP contribution in [-0.2, 0) is 23.1 Å². The van der Waals surface area contributed by atoms with Crippen molar-refractivity contribution in [1.29, 1.82) is 0 Å². The third-order valence-corrected chi connectivity index (χ3v) is 8.13. The number of anilines is 2. The first kappa shape index (κ1) is 25.3. The minimum atomic E-state index is -3.28. The number of nitrogens with one attached hydrogen (secondary N) is 1. The summed E-state index contributed by atoms with van der Waals surface area (Å²) in [7, 11) is -3.28. The number of fused-ring (bicyclic) bond motifs is 2. The zero-order valence-electron chi connectivity index (χ0n) is 21.4. The molecule has 0 atom stereocenters. The number of nitrogens with zero attached hydrogens (tertiary/aromatic N) is 6. The lowest BCUT2D eigenvalue weighted by Gasteiger charge is -2.22. The quantitative estimate of drug-likeness (QED) is 0.369. The van der Waals surface area contributed by atoms with Crippen molar-refractivity contribution in [2.45, 2.75) is 19.5 Å². The van der Waals surface area contributed by atoms with Crippen LogP contribution in [0.15, 0.2) is 48.8 Å². The molecule has 6 rings (SSSR count). The Morgan fingerprint density at radius 3 is 2.59 bits per heavy atom. The summed E-state index contributed by atoms with van der Waals surface area (Å²) in [5.74, 6) is 2.18. The van der Waals surface area contributed by atoms with E-state index in [2.05, 4.69) is 10.3 Å². The molecule has 4 heterocycles. The number of sulfonamides is 1. The van der Waals surface area contributed by atoms with Crippen molar-refractivity contribution in [1.82, 2.24) is 23.8 Å². The van der Waals surface area contributed by atoms with Gasteiger partial charge in [0.25, 0.3) is 0 Å². The summed E-state index contributed by atoms with van der Waals surface area (Å²) in [6.07, 6.45) is 3.59. The molecule has 204 valence electrons. The lowest BCUT2D eigenvalue weighted by Crippen LogP contribution is -2.35. The Balaban J connectivity index is 1.33. The highest BCUT2D eigenvalue weighted by Crippen LogP contribution is 2.33. The lowest BCUT2D eigenvalue weighted by molar-refractivity contribution is 0.174. The molecule has 0 amide bonds. The highest BCUT2D eigenvalue weighted by molar-refractivity contribution is 7.88. The second-order valence-electron chi connectivity index (χ2n) is 9.59. The topological polar surface area (TPSA) is 115 Å². The highest BCUT2D eigenvalue weighted by Gasteiger charge is 2.24. The van der Waals surface area contributed by atoms with Crippen LogP contribution < -0.4 is 19.7 Å². The van der Waals surface area contributed by atoms with Crippen molar-refractivity contribution in [3.8, 4) is 11.5 Å². The number of rotatable bonds is 7. The van der Waals surface area contributed by atoms with Gasteiger partial charge in [-0.05, 0) is 41.8 Å². The third-order valence-electron chi connectivity index (χ3n) is 6.82. The summed E-state index contributed by atoms with van der Waals surface area (Å²) in [6, 6.07) is 12.1. The maximum atomic E-state index is 13.5. The summed E-state index contributed by atoms with van der Waals surface area (Å²) < 4.78 is 52.0. The van der Waals surface area contributed by atoms with E-state index in [0.29, 0.717) is 80.1 Å². The van der Waals surface area contributed by atoms with Crippen LogP contribution in [0.5, 0.6) is 11.5 Å². The van der Waals surface area contributed by atoms with Crippen molar-refractivity contribution in [2.75, 3.05) is 49.4 Å². The molecule has 1 N–H and O–H groups in total. The Morgan fingerprint density at radius 1 is 0.974 bits per heavy atom. The van der Waals surface area contributed by atoms with Crippen LogP contribution in [0.25, 0.3) is 11.2 Å². The van der Waals surface area contributed by atoms with Gasteiger partial charge >= 0.3 is 0 Å². The Morgan fingerprint density at radius 2 is 1.77 bits per heavy atom. The second kappa shape index (κ2) is 10.3. The monoisotopic (exact) mass is 553 g/mol. The molecule has 0 saturated carbocycles. The zero-order valence-corrected chi connectivity index (χ0v) is 22.2. The number of aromatic nitrogens is 4. The molecular weight excluding hydrogens is 525 g/mol. The van der Waals surface area contributed by atoms with Crippen LogP contribution in [0.3, 0.4) is 0 Å². The molecule has 39 heavy (non-hydrogen) atoms. The van der Waals surface area contributed by atoms with Crippen molar-refractivity contribution in [2.24, 2.45) is 0 Å². The Hall–Kier alpha value is -3.97. The van der Waals surface area contributed by atoms with Crippen LogP contribution >= 0.6 is 0 Å². The molecule has 2 aliphatic rings. The Kier molecular flexibility index (Phi) is 6.69. The molecule has 0 bridgehead atoms. The molecule has 11 nitrogen and oxygen atoms in total. The number of halogens is 1. The van der Waals surface area contributed by atoms with Gasteiger partial charge < -0.3 is 24.3 Å². The molecule has 1 saturated heterocycles. The average Bonchev–Trinajstić information content (AvgIpc) is 3.46. The van der Waals surface area contributed by atoms with Gasteiger partial charge in [0.2, 0.25) is 22.8 Å². The van der Waals surface area contributed by atoms with Gasteiger partial charge in [-0.1, -0.05) is 18.2 Å². The number of benzene rings is 2. The van der Waals surface area contributed by atoms with Crippen LogP contribution in [0, 0.1) is 5.82 Å². The first-order chi connectivity index (χ1) is 18.8. The van der Waals surface area contributed by atoms with Gasteiger partial charge in [-0.2, -0.15) is 9.97 Å². The fourth-order valence-electron chi connectivity index (χ4n) is 4.76. The van der Waals surface area contributed by atoms with Crippen LogP contribution in [0.2, 0.25) is 0 Å². The van der Waals surface area contributed by atoms with Gasteiger partial charge in [0.15, 0.2) is 28.5 Å². The average molecular weight is 554 g/mol. The second-order valence-corrected chi connectivity index (χ2v) is 11.6. The maximum Gasteiger partial charge on any atom is 0.231 e. The molecule has 0 unspecified atom stereocenters. The summed E-state index contributed by atoms with van der Waals surface area (Å²) >= 11 is 0. The molecule has 2 aliphatic heterocycles. The highest BCUT2D eigenvalue weighted by atomic mass is 32.2. The molecular formula is C26H28FN7O4S. The van der Waals surface area contributed by atoms with Gasteiger partial charge in [-0.15, -0.1) is 0 Å². The maximum absolute atomic E-state index is 13.5. The zero-order chi connectivity index (χ0) is 27.0. The fourth-order valence-corrected chi connectivity index (χ4v) is 5.64. The first-order valence-electron chi connectivity index (χ1n) is 12.6. The standard InChI is InChI=1S/C26H28FN7O4S/c1-39(35,36)34-10-2-9-32(11-12-34)26-30-24(28-14-19-5-8-21-22(13-19)38-17-37-21)23-25(31-26)33(16-29-23)15-18-3-6-20(27)7-4-18/h3-8,13,16H,2,9-12,14-15,17H2,1H3,(H,28,30,31). The predicted molar refractivity (Wildman–Crippen MR) is 144 cm³/mol. The smallest absolute Gasteiger partial charge is 0.231 e.